The van der Waals surface area contributed by atoms with Crippen LogP contribution in [0.3, 0.4) is 0 Å². The zero-order valence-corrected chi connectivity index (χ0v) is 12.1. The highest BCUT2D eigenvalue weighted by Gasteiger charge is 2.11. The molecule has 0 radical (unpaired) electrons. The van der Waals surface area contributed by atoms with Crippen LogP contribution in [0.15, 0.2) is 23.7 Å². The van der Waals surface area contributed by atoms with Crippen molar-refractivity contribution in [1.82, 2.24) is 4.98 Å². The highest BCUT2D eigenvalue weighted by atomic mass is 32.1. The van der Waals surface area contributed by atoms with Crippen LogP contribution in [-0.4, -0.2) is 16.5 Å². The molecule has 0 fully saturated rings. The van der Waals surface area contributed by atoms with Crippen LogP contribution in [0.1, 0.15) is 17.5 Å². The predicted octanol–water partition coefficient (Wildman–Crippen LogP) is 3.37. The van der Waals surface area contributed by atoms with Crippen LogP contribution in [0.5, 0.6) is 5.75 Å². The van der Waals surface area contributed by atoms with E-state index in [2.05, 4.69) is 10.3 Å². The molecule has 0 unspecified atom stereocenters. The molecule has 0 amide bonds. The van der Waals surface area contributed by atoms with Crippen molar-refractivity contribution in [3.8, 4) is 5.75 Å². The Morgan fingerprint density at radius 2 is 2.25 bits per heavy atom. The Labute approximate surface area is 120 Å². The number of ether oxygens (including phenoxy) is 1. The first kappa shape index (κ1) is 14.3. The number of hydrogen-bond acceptors (Lipinski definition) is 6. The molecule has 0 spiro atoms. The quantitative estimate of drug-likeness (QED) is 0.652. The molecule has 0 atom stereocenters. The number of aryl methyl sites for hydroxylation is 1. The van der Waals surface area contributed by atoms with Gasteiger partial charge in [0.05, 0.1) is 35.3 Å². The molecule has 1 aromatic heterocycles. The number of benzene rings is 1. The van der Waals surface area contributed by atoms with E-state index in [0.29, 0.717) is 24.6 Å². The number of hydrogen-bond donors (Lipinski definition) is 1. The fraction of sp³-hybridized carbons (Fsp3) is 0.308. The molecule has 0 bridgehead atoms. The van der Waals surface area contributed by atoms with Gasteiger partial charge in [-0.15, -0.1) is 11.3 Å². The maximum absolute atomic E-state index is 10.9. The van der Waals surface area contributed by atoms with Crippen molar-refractivity contribution >= 4 is 22.7 Å². The second-order valence-electron chi connectivity index (χ2n) is 4.12. The third-order valence-corrected chi connectivity index (χ3v) is 3.65. The first-order chi connectivity index (χ1) is 9.60. The SMILES string of the molecule is CCOc1cc(NCc2scnc2C)cc([N+](=O)[O-])c1. The summed E-state index contributed by atoms with van der Waals surface area (Å²) in [6.45, 7) is 4.83. The van der Waals surface area contributed by atoms with Crippen LogP contribution >= 0.6 is 11.3 Å². The Bertz CT molecular complexity index is 613. The first-order valence-corrected chi connectivity index (χ1v) is 7.03. The van der Waals surface area contributed by atoms with Crippen molar-refractivity contribution in [3.63, 3.8) is 0 Å². The molecule has 1 aromatic carbocycles. The van der Waals surface area contributed by atoms with Crippen molar-refractivity contribution in [2.24, 2.45) is 0 Å². The number of rotatable bonds is 6. The Kier molecular flexibility index (Phi) is 4.52. The van der Waals surface area contributed by atoms with E-state index in [9.17, 15) is 10.1 Å². The van der Waals surface area contributed by atoms with Gasteiger partial charge in [-0.2, -0.15) is 0 Å². The molecular weight excluding hydrogens is 278 g/mol. The molecule has 2 rings (SSSR count). The molecule has 20 heavy (non-hydrogen) atoms. The third kappa shape index (κ3) is 3.45. The standard InChI is InChI=1S/C13H15N3O3S/c1-3-19-12-5-10(4-11(6-12)16(17)18)14-7-13-9(2)15-8-20-13/h4-6,8,14H,3,7H2,1-2H3. The summed E-state index contributed by atoms with van der Waals surface area (Å²) in [5.41, 5.74) is 3.43. The molecule has 0 aliphatic carbocycles. The van der Waals surface area contributed by atoms with Crippen LogP contribution in [0, 0.1) is 17.0 Å². The topological polar surface area (TPSA) is 77.3 Å². The lowest BCUT2D eigenvalue weighted by Crippen LogP contribution is -2.01. The van der Waals surface area contributed by atoms with Gasteiger partial charge in [-0.05, 0) is 13.8 Å². The summed E-state index contributed by atoms with van der Waals surface area (Å²) in [4.78, 5) is 15.8. The van der Waals surface area contributed by atoms with E-state index in [-0.39, 0.29) is 5.69 Å². The molecule has 7 heteroatoms. The van der Waals surface area contributed by atoms with E-state index in [0.717, 1.165) is 10.6 Å². The normalized spacial score (nSPS) is 10.3. The zero-order chi connectivity index (χ0) is 14.5. The maximum Gasteiger partial charge on any atom is 0.275 e. The van der Waals surface area contributed by atoms with E-state index in [1.165, 1.54) is 12.1 Å². The van der Waals surface area contributed by atoms with Gasteiger partial charge in [0.25, 0.3) is 5.69 Å². The Morgan fingerprint density at radius 1 is 1.45 bits per heavy atom. The molecule has 0 aliphatic rings. The summed E-state index contributed by atoms with van der Waals surface area (Å²) >= 11 is 1.56. The number of nitrogens with one attached hydrogen (secondary N) is 1. The number of anilines is 1. The highest BCUT2D eigenvalue weighted by molar-refractivity contribution is 7.09. The number of nitro benzene ring substituents is 1. The highest BCUT2D eigenvalue weighted by Crippen LogP contribution is 2.27. The van der Waals surface area contributed by atoms with Gasteiger partial charge < -0.3 is 10.1 Å². The molecule has 1 N–H and O–H groups in total. The number of thiazole rings is 1. The second kappa shape index (κ2) is 6.33. The number of aromatic nitrogens is 1. The lowest BCUT2D eigenvalue weighted by Gasteiger charge is -2.08. The number of nitrogens with zero attached hydrogens (tertiary/aromatic N) is 2. The van der Waals surface area contributed by atoms with Crippen molar-refractivity contribution in [2.75, 3.05) is 11.9 Å². The average molecular weight is 293 g/mol. The number of non-ortho nitro benzene ring substituents is 1. The zero-order valence-electron chi connectivity index (χ0n) is 11.3. The van der Waals surface area contributed by atoms with Crippen LogP contribution < -0.4 is 10.1 Å². The van der Waals surface area contributed by atoms with Crippen molar-refractivity contribution in [2.45, 2.75) is 20.4 Å². The van der Waals surface area contributed by atoms with E-state index in [1.54, 1.807) is 22.9 Å². The molecular formula is C13H15N3O3S. The monoisotopic (exact) mass is 293 g/mol. The van der Waals surface area contributed by atoms with Gasteiger partial charge in [0.15, 0.2) is 0 Å². The second-order valence-corrected chi connectivity index (χ2v) is 5.06. The van der Waals surface area contributed by atoms with Crippen molar-refractivity contribution < 1.29 is 9.66 Å². The Hall–Kier alpha value is -2.15. The summed E-state index contributed by atoms with van der Waals surface area (Å²) in [6.07, 6.45) is 0. The molecule has 6 nitrogen and oxygen atoms in total. The largest absolute Gasteiger partial charge is 0.494 e. The van der Waals surface area contributed by atoms with Gasteiger partial charge in [0.1, 0.15) is 5.75 Å². The van der Waals surface area contributed by atoms with Crippen LogP contribution in [0.25, 0.3) is 0 Å². The molecule has 1 heterocycles. The summed E-state index contributed by atoms with van der Waals surface area (Å²) in [5.74, 6) is 0.491. The molecule has 106 valence electrons. The average Bonchev–Trinajstić information content (AvgIpc) is 2.82. The summed E-state index contributed by atoms with van der Waals surface area (Å²) < 4.78 is 5.34. The minimum atomic E-state index is -0.425. The van der Waals surface area contributed by atoms with E-state index < -0.39 is 4.92 Å². The van der Waals surface area contributed by atoms with Gasteiger partial charge >= 0.3 is 0 Å². The van der Waals surface area contributed by atoms with Crippen LogP contribution in [-0.2, 0) is 6.54 Å². The molecule has 0 saturated carbocycles. The summed E-state index contributed by atoms with van der Waals surface area (Å²) in [5, 5.41) is 14.1. The lowest BCUT2D eigenvalue weighted by molar-refractivity contribution is -0.384. The third-order valence-electron chi connectivity index (χ3n) is 2.71. The summed E-state index contributed by atoms with van der Waals surface area (Å²) in [7, 11) is 0. The van der Waals surface area contributed by atoms with Gasteiger partial charge in [0, 0.05) is 22.7 Å². The lowest BCUT2D eigenvalue weighted by atomic mass is 10.2. The fourth-order valence-electron chi connectivity index (χ4n) is 1.72. The molecule has 2 aromatic rings. The van der Waals surface area contributed by atoms with E-state index in [1.807, 2.05) is 13.8 Å². The van der Waals surface area contributed by atoms with Gasteiger partial charge in [-0.25, -0.2) is 4.98 Å². The van der Waals surface area contributed by atoms with Crippen molar-refractivity contribution in [3.05, 3.63) is 44.4 Å². The van der Waals surface area contributed by atoms with Crippen LogP contribution in [0.2, 0.25) is 0 Å². The van der Waals surface area contributed by atoms with E-state index in [4.69, 9.17) is 4.74 Å². The first-order valence-electron chi connectivity index (χ1n) is 6.15. The van der Waals surface area contributed by atoms with E-state index >= 15 is 0 Å². The minimum Gasteiger partial charge on any atom is -0.494 e. The molecule has 0 aliphatic heterocycles. The van der Waals surface area contributed by atoms with Crippen molar-refractivity contribution in [1.29, 1.82) is 0 Å². The minimum absolute atomic E-state index is 0.0134. The smallest absolute Gasteiger partial charge is 0.275 e. The predicted molar refractivity (Wildman–Crippen MR) is 78.4 cm³/mol. The Morgan fingerprint density at radius 3 is 2.85 bits per heavy atom. The van der Waals surface area contributed by atoms with Gasteiger partial charge in [-0.3, -0.25) is 10.1 Å². The summed E-state index contributed by atoms with van der Waals surface area (Å²) in [6, 6.07) is 4.68. The Balaban J connectivity index is 2.17. The maximum atomic E-state index is 10.9. The van der Waals surface area contributed by atoms with Gasteiger partial charge in [0.2, 0.25) is 0 Å². The molecule has 0 saturated heterocycles. The number of nitro groups is 1. The van der Waals surface area contributed by atoms with Gasteiger partial charge in [-0.1, -0.05) is 0 Å². The fourth-order valence-corrected chi connectivity index (χ4v) is 2.44. The van der Waals surface area contributed by atoms with Crippen LogP contribution in [0.4, 0.5) is 11.4 Å².